The molecule has 1 heterocycles. The predicted molar refractivity (Wildman–Crippen MR) is 99.9 cm³/mol. The van der Waals surface area contributed by atoms with Gasteiger partial charge in [0.2, 0.25) is 0 Å². The molecule has 25 heavy (non-hydrogen) atoms. The Morgan fingerprint density at radius 3 is 2.16 bits per heavy atom. The van der Waals surface area contributed by atoms with Gasteiger partial charge in [-0.15, -0.1) is 0 Å². The molecular formula is C19H18BrNO3S. The van der Waals surface area contributed by atoms with Crippen molar-refractivity contribution < 1.29 is 17.5 Å². The summed E-state index contributed by atoms with van der Waals surface area (Å²) < 4.78 is 34.3. The number of hydrogen-bond acceptors (Lipinski definition) is 3. The Morgan fingerprint density at radius 2 is 1.60 bits per heavy atom. The maximum atomic E-state index is 10.4. The van der Waals surface area contributed by atoms with E-state index < -0.39 is 10.1 Å². The van der Waals surface area contributed by atoms with E-state index in [4.69, 9.17) is 0 Å². The van der Waals surface area contributed by atoms with Crippen LogP contribution in [0.5, 0.6) is 0 Å². The quantitative estimate of drug-likeness (QED) is 0.468. The third-order valence-corrected chi connectivity index (χ3v) is 4.75. The van der Waals surface area contributed by atoms with Gasteiger partial charge >= 0.3 is 0 Å². The van der Waals surface area contributed by atoms with Crippen molar-refractivity contribution in [3.05, 3.63) is 83.1 Å². The van der Waals surface area contributed by atoms with Crippen molar-refractivity contribution >= 4 is 26.0 Å². The lowest BCUT2D eigenvalue weighted by Gasteiger charge is -2.05. The summed E-state index contributed by atoms with van der Waals surface area (Å²) in [6.45, 7) is 1.82. The number of benzene rings is 2. The number of halogens is 1. The number of hydrogen-bond donors (Lipinski definition) is 0. The first-order valence-corrected chi connectivity index (χ1v) is 9.69. The zero-order valence-electron chi connectivity index (χ0n) is 13.9. The average molecular weight is 420 g/mol. The molecule has 0 bridgehead atoms. The fourth-order valence-electron chi connectivity index (χ4n) is 2.13. The number of nitrogens with zero attached hydrogens (tertiary/aromatic N) is 1. The molecule has 0 aliphatic carbocycles. The summed E-state index contributed by atoms with van der Waals surface area (Å²) >= 11 is 3.47. The minimum absolute atomic E-state index is 0.178. The van der Waals surface area contributed by atoms with Gasteiger partial charge in [-0.25, -0.2) is 13.0 Å². The van der Waals surface area contributed by atoms with Crippen molar-refractivity contribution in [1.29, 1.82) is 0 Å². The van der Waals surface area contributed by atoms with Crippen molar-refractivity contribution in [2.45, 2.75) is 11.8 Å². The van der Waals surface area contributed by atoms with Crippen LogP contribution in [0.1, 0.15) is 5.56 Å². The molecule has 130 valence electrons. The van der Waals surface area contributed by atoms with Crippen LogP contribution in [0.3, 0.4) is 0 Å². The second-order valence-electron chi connectivity index (χ2n) is 5.54. The molecule has 6 heteroatoms. The Kier molecular flexibility index (Phi) is 6.47. The van der Waals surface area contributed by atoms with Crippen LogP contribution in [0.4, 0.5) is 0 Å². The minimum Gasteiger partial charge on any atom is -0.744 e. The molecule has 0 fully saturated rings. The van der Waals surface area contributed by atoms with E-state index in [1.165, 1.54) is 23.3 Å². The fraction of sp³-hybridized carbons (Fsp3) is 0.105. The molecule has 3 aromatic rings. The molecule has 0 saturated heterocycles. The van der Waals surface area contributed by atoms with Crippen LogP contribution in [-0.4, -0.2) is 13.0 Å². The van der Waals surface area contributed by atoms with Gasteiger partial charge in [-0.3, -0.25) is 0 Å². The lowest BCUT2D eigenvalue weighted by molar-refractivity contribution is -0.671. The van der Waals surface area contributed by atoms with Gasteiger partial charge in [-0.1, -0.05) is 45.8 Å². The van der Waals surface area contributed by atoms with Gasteiger partial charge < -0.3 is 4.55 Å². The Morgan fingerprint density at radius 1 is 0.960 bits per heavy atom. The van der Waals surface area contributed by atoms with E-state index in [1.807, 2.05) is 32.3 Å². The Bertz CT molecular complexity index is 911. The Balaban J connectivity index is 0.000000186. The average Bonchev–Trinajstić information content (AvgIpc) is 2.55. The second kappa shape index (κ2) is 8.38. The van der Waals surface area contributed by atoms with E-state index in [-0.39, 0.29) is 4.90 Å². The number of rotatable bonds is 2. The lowest BCUT2D eigenvalue weighted by Crippen LogP contribution is -2.26. The van der Waals surface area contributed by atoms with E-state index in [1.54, 1.807) is 12.1 Å². The Labute approximate surface area is 156 Å². The predicted octanol–water partition coefficient (Wildman–Crippen LogP) is 3.84. The summed E-state index contributed by atoms with van der Waals surface area (Å²) in [4.78, 5) is -0.178. The molecule has 0 spiro atoms. The highest BCUT2D eigenvalue weighted by Crippen LogP contribution is 2.21. The Hall–Kier alpha value is -2.02. The minimum atomic E-state index is -4.27. The van der Waals surface area contributed by atoms with Crippen molar-refractivity contribution in [1.82, 2.24) is 0 Å². The van der Waals surface area contributed by atoms with Gasteiger partial charge in [-0.05, 0) is 42.8 Å². The number of aryl methyl sites for hydroxylation is 2. The van der Waals surface area contributed by atoms with Gasteiger partial charge in [0.05, 0.1) is 4.90 Å². The van der Waals surface area contributed by atoms with Crippen LogP contribution in [0.2, 0.25) is 0 Å². The van der Waals surface area contributed by atoms with Gasteiger partial charge in [0.1, 0.15) is 17.2 Å². The van der Waals surface area contributed by atoms with Crippen molar-refractivity contribution in [3.8, 4) is 11.1 Å². The molecule has 0 aliphatic rings. The van der Waals surface area contributed by atoms with E-state index in [9.17, 15) is 13.0 Å². The highest BCUT2D eigenvalue weighted by atomic mass is 79.9. The van der Waals surface area contributed by atoms with Crippen molar-refractivity contribution in [3.63, 3.8) is 0 Å². The zero-order valence-corrected chi connectivity index (χ0v) is 16.3. The molecule has 0 saturated carbocycles. The van der Waals surface area contributed by atoms with E-state index in [0.29, 0.717) is 0 Å². The summed E-state index contributed by atoms with van der Waals surface area (Å²) in [5.41, 5.74) is 3.39. The van der Waals surface area contributed by atoms with Crippen LogP contribution < -0.4 is 4.57 Å². The van der Waals surface area contributed by atoms with Crippen LogP contribution in [0, 0.1) is 6.92 Å². The second-order valence-corrected chi connectivity index (χ2v) is 7.83. The smallest absolute Gasteiger partial charge is 0.176 e. The summed E-state index contributed by atoms with van der Waals surface area (Å²) in [5.74, 6) is 0. The normalized spacial score (nSPS) is 10.7. The first-order chi connectivity index (χ1) is 11.8. The summed E-state index contributed by atoms with van der Waals surface area (Å²) in [6, 6.07) is 18.3. The molecule has 0 atom stereocenters. The molecule has 0 radical (unpaired) electrons. The van der Waals surface area contributed by atoms with Crippen LogP contribution in [0.25, 0.3) is 11.1 Å². The van der Waals surface area contributed by atoms with E-state index >= 15 is 0 Å². The molecule has 0 N–H and O–H groups in total. The van der Waals surface area contributed by atoms with Crippen LogP contribution >= 0.6 is 15.9 Å². The number of aromatic nitrogens is 1. The molecule has 4 nitrogen and oxygen atoms in total. The first kappa shape index (κ1) is 19.3. The van der Waals surface area contributed by atoms with E-state index in [0.717, 1.165) is 10.0 Å². The lowest BCUT2D eigenvalue weighted by atomic mass is 10.1. The monoisotopic (exact) mass is 419 g/mol. The molecular weight excluding hydrogens is 402 g/mol. The third-order valence-electron chi connectivity index (χ3n) is 3.41. The summed E-state index contributed by atoms with van der Waals surface area (Å²) in [7, 11) is -2.24. The third kappa shape index (κ3) is 6.08. The molecule has 0 amide bonds. The van der Waals surface area contributed by atoms with Crippen LogP contribution in [-0.2, 0) is 17.2 Å². The SMILES string of the molecule is C[n+]1cccc(-c2cccc(Br)c2)c1.Cc1ccc(S(=O)(=O)[O-])cc1. The highest BCUT2D eigenvalue weighted by Gasteiger charge is 2.01. The largest absolute Gasteiger partial charge is 0.744 e. The summed E-state index contributed by atoms with van der Waals surface area (Å²) in [5, 5.41) is 0. The molecule has 1 aromatic heterocycles. The zero-order chi connectivity index (χ0) is 18.4. The highest BCUT2D eigenvalue weighted by molar-refractivity contribution is 9.10. The topological polar surface area (TPSA) is 61.1 Å². The van der Waals surface area contributed by atoms with Crippen molar-refractivity contribution in [2.75, 3.05) is 0 Å². The van der Waals surface area contributed by atoms with Gasteiger partial charge in [0, 0.05) is 16.1 Å². The fourth-order valence-corrected chi connectivity index (χ4v) is 3.00. The van der Waals surface area contributed by atoms with Crippen molar-refractivity contribution in [2.24, 2.45) is 7.05 Å². The molecule has 2 aromatic carbocycles. The first-order valence-electron chi connectivity index (χ1n) is 7.49. The van der Waals surface area contributed by atoms with Gasteiger partial charge in [0.25, 0.3) is 0 Å². The summed E-state index contributed by atoms with van der Waals surface area (Å²) in [6.07, 6.45) is 4.14. The van der Waals surface area contributed by atoms with Gasteiger partial charge in [0.15, 0.2) is 12.4 Å². The van der Waals surface area contributed by atoms with Crippen LogP contribution in [0.15, 0.2) is 82.4 Å². The standard InChI is InChI=1S/C12H11BrN.C7H8O3S/c1-14-7-3-5-11(9-14)10-4-2-6-12(13)8-10;1-6-2-4-7(5-3-6)11(8,9)10/h2-9H,1H3;2-5H,1H3,(H,8,9,10)/q+1;/p-1. The number of pyridine rings is 1. The maximum Gasteiger partial charge on any atom is 0.176 e. The maximum absolute atomic E-state index is 10.4. The molecule has 0 unspecified atom stereocenters. The van der Waals surface area contributed by atoms with E-state index in [2.05, 4.69) is 51.0 Å². The molecule has 3 rings (SSSR count). The molecule has 0 aliphatic heterocycles. The van der Waals surface area contributed by atoms with Gasteiger partial charge in [-0.2, -0.15) is 0 Å².